The van der Waals surface area contributed by atoms with Gasteiger partial charge in [0.25, 0.3) is 0 Å². The minimum absolute atomic E-state index is 0. The van der Waals surface area contributed by atoms with E-state index >= 15 is 0 Å². The van der Waals surface area contributed by atoms with E-state index in [1.165, 1.54) is 6.42 Å². The van der Waals surface area contributed by atoms with Crippen molar-refractivity contribution in [3.05, 3.63) is 30.4 Å². The van der Waals surface area contributed by atoms with Crippen LogP contribution >= 0.6 is 12.4 Å². The van der Waals surface area contributed by atoms with Crippen molar-refractivity contribution in [2.75, 3.05) is 0 Å². The van der Waals surface area contributed by atoms with Crippen LogP contribution in [0.25, 0.3) is 11.4 Å². The molecule has 2 heterocycles. The van der Waals surface area contributed by atoms with Crippen molar-refractivity contribution in [1.82, 2.24) is 15.1 Å². The summed E-state index contributed by atoms with van der Waals surface area (Å²) in [6.45, 7) is 0. The maximum absolute atomic E-state index is 6.36. The van der Waals surface area contributed by atoms with Crippen LogP contribution in [0.3, 0.4) is 0 Å². The summed E-state index contributed by atoms with van der Waals surface area (Å²) in [6.07, 6.45) is 8.77. The van der Waals surface area contributed by atoms with Gasteiger partial charge in [-0.05, 0) is 25.0 Å². The van der Waals surface area contributed by atoms with Gasteiger partial charge in [0.05, 0.1) is 5.54 Å². The number of rotatable bonds is 2. The van der Waals surface area contributed by atoms with E-state index in [-0.39, 0.29) is 12.4 Å². The topological polar surface area (TPSA) is 77.8 Å². The van der Waals surface area contributed by atoms with Crippen LogP contribution in [0.2, 0.25) is 0 Å². The number of hydrogen-bond donors (Lipinski definition) is 1. The van der Waals surface area contributed by atoms with Crippen LogP contribution in [-0.4, -0.2) is 15.1 Å². The van der Waals surface area contributed by atoms with Crippen LogP contribution in [0.5, 0.6) is 0 Å². The van der Waals surface area contributed by atoms with Crippen LogP contribution in [0.15, 0.2) is 29.0 Å². The molecule has 0 amide bonds. The van der Waals surface area contributed by atoms with Gasteiger partial charge in [-0.25, -0.2) is 0 Å². The van der Waals surface area contributed by atoms with Gasteiger partial charge >= 0.3 is 0 Å². The van der Waals surface area contributed by atoms with E-state index in [0.29, 0.717) is 11.7 Å². The summed E-state index contributed by atoms with van der Waals surface area (Å²) >= 11 is 0. The van der Waals surface area contributed by atoms with E-state index in [0.717, 1.165) is 31.2 Å². The van der Waals surface area contributed by atoms with Gasteiger partial charge in [-0.3, -0.25) is 4.98 Å². The number of pyridine rings is 1. The summed E-state index contributed by atoms with van der Waals surface area (Å²) in [7, 11) is 0. The van der Waals surface area contributed by atoms with Gasteiger partial charge in [-0.1, -0.05) is 24.4 Å². The molecule has 2 aromatic rings. The maximum atomic E-state index is 6.36. The lowest BCUT2D eigenvalue weighted by Crippen LogP contribution is -2.38. The fraction of sp³-hybridized carbons (Fsp3) is 0.462. The standard InChI is InChI=1S/C13H16N4O.ClH/c14-13(6-2-1-3-7-13)12-16-11(17-18-12)10-5-4-8-15-9-10;/h4-5,8-9H,1-3,6-7,14H2;1H. The number of aromatic nitrogens is 3. The summed E-state index contributed by atoms with van der Waals surface area (Å²) in [5.41, 5.74) is 6.77. The molecule has 2 aromatic heterocycles. The molecule has 19 heavy (non-hydrogen) atoms. The Morgan fingerprint density at radius 2 is 2.00 bits per heavy atom. The smallest absolute Gasteiger partial charge is 0.247 e. The Balaban J connectivity index is 0.00000133. The predicted molar refractivity (Wildman–Crippen MR) is 73.7 cm³/mol. The first-order chi connectivity index (χ1) is 8.78. The zero-order valence-corrected chi connectivity index (χ0v) is 11.4. The van der Waals surface area contributed by atoms with E-state index < -0.39 is 5.54 Å². The maximum Gasteiger partial charge on any atom is 0.247 e. The molecule has 0 radical (unpaired) electrons. The Kier molecular flexibility index (Phi) is 4.17. The highest BCUT2D eigenvalue weighted by molar-refractivity contribution is 5.85. The van der Waals surface area contributed by atoms with Crippen LogP contribution in [0, 0.1) is 0 Å². The molecule has 1 aliphatic carbocycles. The van der Waals surface area contributed by atoms with Crippen molar-refractivity contribution in [3.8, 4) is 11.4 Å². The van der Waals surface area contributed by atoms with E-state index in [1.54, 1.807) is 12.4 Å². The van der Waals surface area contributed by atoms with Crippen molar-refractivity contribution < 1.29 is 4.52 Å². The Bertz CT molecular complexity index is 522. The van der Waals surface area contributed by atoms with Crippen molar-refractivity contribution >= 4 is 12.4 Å². The molecular formula is C13H17ClN4O. The van der Waals surface area contributed by atoms with Gasteiger partial charge in [0.15, 0.2) is 0 Å². The molecule has 6 heteroatoms. The molecule has 1 aliphatic rings. The van der Waals surface area contributed by atoms with Crippen LogP contribution in [0.1, 0.15) is 38.0 Å². The highest BCUT2D eigenvalue weighted by Gasteiger charge is 2.35. The van der Waals surface area contributed by atoms with Crippen LogP contribution < -0.4 is 5.73 Å². The largest absolute Gasteiger partial charge is 0.337 e. The third-order valence-corrected chi connectivity index (χ3v) is 3.52. The second kappa shape index (κ2) is 5.67. The second-order valence-electron chi connectivity index (χ2n) is 4.88. The van der Waals surface area contributed by atoms with Gasteiger partial charge in [-0.15, -0.1) is 12.4 Å². The zero-order chi connectivity index (χ0) is 12.4. The molecule has 5 nitrogen and oxygen atoms in total. The zero-order valence-electron chi connectivity index (χ0n) is 10.6. The normalized spacial score (nSPS) is 17.7. The van der Waals surface area contributed by atoms with Crippen LogP contribution in [-0.2, 0) is 5.54 Å². The van der Waals surface area contributed by atoms with Crippen molar-refractivity contribution in [2.45, 2.75) is 37.6 Å². The van der Waals surface area contributed by atoms with Gasteiger partial charge in [0.2, 0.25) is 11.7 Å². The predicted octanol–water partition coefficient (Wildman–Crippen LogP) is 2.67. The van der Waals surface area contributed by atoms with E-state index in [1.807, 2.05) is 12.1 Å². The van der Waals surface area contributed by atoms with Gasteiger partial charge in [0, 0.05) is 18.0 Å². The van der Waals surface area contributed by atoms with E-state index in [4.69, 9.17) is 10.3 Å². The van der Waals surface area contributed by atoms with Crippen molar-refractivity contribution in [3.63, 3.8) is 0 Å². The minimum atomic E-state index is -0.439. The Morgan fingerprint density at radius 1 is 1.21 bits per heavy atom. The lowest BCUT2D eigenvalue weighted by Gasteiger charge is -2.29. The average Bonchev–Trinajstić information content (AvgIpc) is 2.91. The summed E-state index contributed by atoms with van der Waals surface area (Å²) < 4.78 is 5.35. The second-order valence-corrected chi connectivity index (χ2v) is 4.88. The molecule has 2 N–H and O–H groups in total. The molecule has 0 saturated heterocycles. The molecule has 1 fully saturated rings. The van der Waals surface area contributed by atoms with Gasteiger partial charge in [0.1, 0.15) is 0 Å². The summed E-state index contributed by atoms with van der Waals surface area (Å²) in [4.78, 5) is 8.48. The number of halogens is 1. The first kappa shape index (κ1) is 14.0. The lowest BCUT2D eigenvalue weighted by molar-refractivity contribution is 0.220. The number of hydrogen-bond acceptors (Lipinski definition) is 5. The molecular weight excluding hydrogens is 264 g/mol. The van der Waals surface area contributed by atoms with Gasteiger partial charge < -0.3 is 10.3 Å². The third-order valence-electron chi connectivity index (χ3n) is 3.52. The van der Waals surface area contributed by atoms with Gasteiger partial charge in [-0.2, -0.15) is 4.98 Å². The monoisotopic (exact) mass is 280 g/mol. The fourth-order valence-corrected chi connectivity index (χ4v) is 2.43. The summed E-state index contributed by atoms with van der Waals surface area (Å²) in [6, 6.07) is 3.76. The van der Waals surface area contributed by atoms with Crippen LogP contribution in [0.4, 0.5) is 0 Å². The Labute approximate surface area is 118 Å². The highest BCUT2D eigenvalue weighted by atomic mass is 35.5. The first-order valence-corrected chi connectivity index (χ1v) is 6.31. The number of nitrogens with zero attached hydrogens (tertiary/aromatic N) is 3. The van der Waals surface area contributed by atoms with Crippen molar-refractivity contribution in [2.24, 2.45) is 5.73 Å². The fourth-order valence-electron chi connectivity index (χ4n) is 2.43. The quantitative estimate of drug-likeness (QED) is 0.915. The first-order valence-electron chi connectivity index (χ1n) is 6.31. The molecule has 1 saturated carbocycles. The molecule has 0 unspecified atom stereocenters. The summed E-state index contributed by atoms with van der Waals surface area (Å²) in [5, 5.41) is 4.00. The average molecular weight is 281 g/mol. The summed E-state index contributed by atoms with van der Waals surface area (Å²) in [5.74, 6) is 1.12. The molecule has 0 atom stereocenters. The molecule has 0 spiro atoms. The van der Waals surface area contributed by atoms with Crippen molar-refractivity contribution in [1.29, 1.82) is 0 Å². The van der Waals surface area contributed by atoms with E-state index in [9.17, 15) is 0 Å². The minimum Gasteiger partial charge on any atom is -0.337 e. The SMILES string of the molecule is Cl.NC1(c2nc(-c3cccnc3)no2)CCCCC1. The molecule has 102 valence electrons. The molecule has 0 aliphatic heterocycles. The molecule has 3 rings (SSSR count). The Morgan fingerprint density at radius 3 is 2.68 bits per heavy atom. The third kappa shape index (κ3) is 2.77. The van der Waals surface area contributed by atoms with E-state index in [2.05, 4.69) is 15.1 Å². The Hall–Kier alpha value is -1.46. The lowest BCUT2D eigenvalue weighted by atomic mass is 9.82. The highest BCUT2D eigenvalue weighted by Crippen LogP contribution is 2.34. The molecule has 0 bridgehead atoms. The molecule has 0 aromatic carbocycles. The number of nitrogens with two attached hydrogens (primary N) is 1.